The van der Waals surface area contributed by atoms with Crippen molar-refractivity contribution >= 4 is 17.7 Å². The van der Waals surface area contributed by atoms with Crippen molar-refractivity contribution in [3.8, 4) is 0 Å². The molecule has 0 saturated carbocycles. The molecule has 0 bridgehead atoms. The second-order valence-electron chi connectivity index (χ2n) is 8.26. The number of rotatable bonds is 7. The lowest BCUT2D eigenvalue weighted by Crippen LogP contribution is -2.49. The highest BCUT2D eigenvalue weighted by Crippen LogP contribution is 2.29. The van der Waals surface area contributed by atoms with Gasteiger partial charge in [0.05, 0.1) is 6.54 Å². The van der Waals surface area contributed by atoms with Gasteiger partial charge in [0, 0.05) is 24.8 Å². The molecule has 1 aliphatic heterocycles. The van der Waals surface area contributed by atoms with Crippen LogP contribution in [0.3, 0.4) is 0 Å². The Morgan fingerprint density at radius 1 is 1.18 bits per heavy atom. The number of carbonyl (C=O) groups excluding carboxylic acids is 1. The Balaban J connectivity index is 2.00. The Morgan fingerprint density at radius 2 is 1.82 bits per heavy atom. The number of nitrogens with one attached hydrogen (secondary N) is 1. The van der Waals surface area contributed by atoms with E-state index in [1.807, 2.05) is 22.8 Å². The highest BCUT2D eigenvalue weighted by molar-refractivity contribution is 5.90. The first-order valence-corrected chi connectivity index (χ1v) is 10.4. The van der Waals surface area contributed by atoms with Crippen LogP contribution in [0.1, 0.15) is 70.4 Å². The van der Waals surface area contributed by atoms with Crippen molar-refractivity contribution in [1.29, 1.82) is 0 Å². The Bertz CT molecular complexity index is 680. The van der Waals surface area contributed by atoms with E-state index in [2.05, 4.69) is 45.1 Å². The average Bonchev–Trinajstić information content (AvgIpc) is 2.66. The van der Waals surface area contributed by atoms with Crippen molar-refractivity contribution in [3.05, 3.63) is 29.3 Å². The van der Waals surface area contributed by atoms with E-state index in [4.69, 9.17) is 5.11 Å². The Hall–Kier alpha value is -2.08. The highest BCUT2D eigenvalue weighted by Gasteiger charge is 2.27. The number of hydrogen-bond acceptors (Lipinski definition) is 3. The summed E-state index contributed by atoms with van der Waals surface area (Å²) in [5, 5.41) is 12.2. The fourth-order valence-electron chi connectivity index (χ4n) is 3.83. The molecular weight excluding hydrogens is 354 g/mol. The molecule has 0 aromatic heterocycles. The Kier molecular flexibility index (Phi) is 7.87. The van der Waals surface area contributed by atoms with Crippen LogP contribution < -0.4 is 5.32 Å². The molecular formula is C22H35N3O3. The van der Waals surface area contributed by atoms with Gasteiger partial charge in [-0.1, -0.05) is 46.8 Å². The number of benzene rings is 1. The van der Waals surface area contributed by atoms with Gasteiger partial charge in [0.15, 0.2) is 0 Å². The largest absolute Gasteiger partial charge is 0.480 e. The number of hydrogen-bond donors (Lipinski definition) is 2. The maximum atomic E-state index is 12.8. The number of carboxylic acids is 1. The van der Waals surface area contributed by atoms with Crippen molar-refractivity contribution in [1.82, 2.24) is 9.80 Å². The number of carbonyl (C=O) groups is 2. The van der Waals surface area contributed by atoms with Crippen LogP contribution in [0.5, 0.6) is 0 Å². The topological polar surface area (TPSA) is 72.9 Å². The molecule has 0 unspecified atom stereocenters. The smallest absolute Gasteiger partial charge is 0.321 e. The number of aliphatic carboxylic acids is 1. The van der Waals surface area contributed by atoms with E-state index in [1.54, 1.807) is 0 Å². The van der Waals surface area contributed by atoms with E-state index in [0.29, 0.717) is 31.5 Å². The van der Waals surface area contributed by atoms with Gasteiger partial charge in [-0.2, -0.15) is 0 Å². The van der Waals surface area contributed by atoms with Crippen molar-refractivity contribution in [3.63, 3.8) is 0 Å². The van der Waals surface area contributed by atoms with Gasteiger partial charge in [-0.05, 0) is 48.4 Å². The second-order valence-corrected chi connectivity index (χ2v) is 8.26. The van der Waals surface area contributed by atoms with Gasteiger partial charge in [0.1, 0.15) is 0 Å². The zero-order chi connectivity index (χ0) is 20.8. The summed E-state index contributed by atoms with van der Waals surface area (Å²) < 4.78 is 0. The quantitative estimate of drug-likeness (QED) is 0.728. The zero-order valence-electron chi connectivity index (χ0n) is 17.9. The van der Waals surface area contributed by atoms with Crippen LogP contribution in [0.25, 0.3) is 0 Å². The lowest BCUT2D eigenvalue weighted by Gasteiger charge is -2.37. The SMILES string of the molecule is CCN(CC(=O)O)C1CCN(C(=O)Nc2ccc(C(C)C)cc2C(C)C)CC1. The average molecular weight is 390 g/mol. The summed E-state index contributed by atoms with van der Waals surface area (Å²) in [6.45, 7) is 12.7. The molecule has 6 heteroatoms. The standard InChI is InChI=1S/C22H35N3O3/c1-6-24(14-21(26)27)18-9-11-25(12-10-18)22(28)23-20-8-7-17(15(2)3)13-19(20)16(4)5/h7-8,13,15-16,18H,6,9-12,14H2,1-5H3,(H,23,28)(H,26,27). The van der Waals surface area contributed by atoms with Crippen LogP contribution in [0.2, 0.25) is 0 Å². The molecule has 0 radical (unpaired) electrons. The van der Waals surface area contributed by atoms with Crippen LogP contribution in [0.4, 0.5) is 10.5 Å². The molecule has 2 amide bonds. The van der Waals surface area contributed by atoms with Crippen molar-refractivity contribution in [2.45, 2.75) is 65.3 Å². The minimum atomic E-state index is -0.798. The number of amides is 2. The van der Waals surface area contributed by atoms with Crippen LogP contribution in [0, 0.1) is 0 Å². The maximum absolute atomic E-state index is 12.8. The van der Waals surface area contributed by atoms with Gasteiger partial charge in [-0.3, -0.25) is 9.69 Å². The summed E-state index contributed by atoms with van der Waals surface area (Å²) in [5.41, 5.74) is 3.32. The van der Waals surface area contributed by atoms with Crippen molar-refractivity contribution < 1.29 is 14.7 Å². The molecule has 156 valence electrons. The molecule has 1 aromatic rings. The molecule has 1 saturated heterocycles. The van der Waals surface area contributed by atoms with Crippen LogP contribution in [-0.4, -0.2) is 59.1 Å². The minimum absolute atomic E-state index is 0.0628. The third kappa shape index (κ3) is 5.71. The highest BCUT2D eigenvalue weighted by atomic mass is 16.4. The molecule has 1 heterocycles. The number of nitrogens with zero attached hydrogens (tertiary/aromatic N) is 2. The molecule has 6 nitrogen and oxygen atoms in total. The molecule has 0 atom stereocenters. The molecule has 0 spiro atoms. The fourth-order valence-corrected chi connectivity index (χ4v) is 3.83. The summed E-state index contributed by atoms with van der Waals surface area (Å²) in [4.78, 5) is 27.6. The lowest BCUT2D eigenvalue weighted by molar-refractivity contribution is -0.139. The molecule has 1 aromatic carbocycles. The van der Waals surface area contributed by atoms with E-state index in [1.165, 1.54) is 5.56 Å². The van der Waals surface area contributed by atoms with E-state index in [9.17, 15) is 9.59 Å². The first-order chi connectivity index (χ1) is 13.2. The number of urea groups is 1. The summed E-state index contributed by atoms with van der Waals surface area (Å²) in [6.07, 6.45) is 1.61. The van der Waals surface area contributed by atoms with Crippen LogP contribution in [0.15, 0.2) is 18.2 Å². The zero-order valence-corrected chi connectivity index (χ0v) is 17.9. The monoisotopic (exact) mass is 389 g/mol. The molecule has 1 fully saturated rings. The summed E-state index contributed by atoms with van der Waals surface area (Å²) in [5.74, 6) is -0.0180. The minimum Gasteiger partial charge on any atom is -0.480 e. The van der Waals surface area contributed by atoms with Gasteiger partial charge >= 0.3 is 12.0 Å². The van der Waals surface area contributed by atoms with E-state index >= 15 is 0 Å². The normalized spacial score (nSPS) is 15.5. The second kappa shape index (κ2) is 9.92. The Morgan fingerprint density at radius 3 is 2.32 bits per heavy atom. The lowest BCUT2D eigenvalue weighted by atomic mass is 9.94. The van der Waals surface area contributed by atoms with E-state index in [-0.39, 0.29) is 18.6 Å². The number of likely N-dealkylation sites (N-methyl/N-ethyl adjacent to an activating group) is 1. The maximum Gasteiger partial charge on any atom is 0.321 e. The van der Waals surface area contributed by atoms with Gasteiger partial charge in [0.25, 0.3) is 0 Å². The third-order valence-electron chi connectivity index (χ3n) is 5.62. The number of likely N-dealkylation sites (tertiary alicyclic amines) is 1. The summed E-state index contributed by atoms with van der Waals surface area (Å²) >= 11 is 0. The van der Waals surface area contributed by atoms with E-state index < -0.39 is 5.97 Å². The molecule has 1 aliphatic rings. The first-order valence-electron chi connectivity index (χ1n) is 10.4. The van der Waals surface area contributed by atoms with E-state index in [0.717, 1.165) is 24.1 Å². The Labute approximate surface area is 168 Å². The molecule has 2 rings (SSSR count). The molecule has 28 heavy (non-hydrogen) atoms. The van der Waals surface area contributed by atoms with Gasteiger partial charge < -0.3 is 15.3 Å². The summed E-state index contributed by atoms with van der Waals surface area (Å²) in [6, 6.07) is 6.45. The van der Waals surface area contributed by atoms with Crippen molar-refractivity contribution in [2.75, 3.05) is 31.5 Å². The summed E-state index contributed by atoms with van der Waals surface area (Å²) in [7, 11) is 0. The van der Waals surface area contributed by atoms with Gasteiger partial charge in [0.2, 0.25) is 0 Å². The molecule has 0 aliphatic carbocycles. The van der Waals surface area contributed by atoms with Gasteiger partial charge in [-0.15, -0.1) is 0 Å². The number of carboxylic acid groups (broad SMARTS) is 1. The van der Waals surface area contributed by atoms with Crippen LogP contribution in [-0.2, 0) is 4.79 Å². The first kappa shape index (κ1) is 22.2. The number of piperidine rings is 1. The third-order valence-corrected chi connectivity index (χ3v) is 5.62. The fraction of sp³-hybridized carbons (Fsp3) is 0.636. The van der Waals surface area contributed by atoms with Crippen molar-refractivity contribution in [2.24, 2.45) is 0 Å². The molecule has 2 N–H and O–H groups in total. The predicted octanol–water partition coefficient (Wildman–Crippen LogP) is 4.34. The predicted molar refractivity (Wildman–Crippen MR) is 113 cm³/mol. The number of anilines is 1. The van der Waals surface area contributed by atoms with Crippen LogP contribution >= 0.6 is 0 Å². The van der Waals surface area contributed by atoms with Gasteiger partial charge in [-0.25, -0.2) is 4.79 Å².